The third-order valence-corrected chi connectivity index (χ3v) is 3.00. The van der Waals surface area contributed by atoms with Crippen LogP contribution in [0.3, 0.4) is 0 Å². The Labute approximate surface area is 81.1 Å². The summed E-state index contributed by atoms with van der Waals surface area (Å²) in [7, 11) is 0. The van der Waals surface area contributed by atoms with Crippen LogP contribution in [0.25, 0.3) is 0 Å². The van der Waals surface area contributed by atoms with Gasteiger partial charge in [0.25, 0.3) is 0 Å². The van der Waals surface area contributed by atoms with Crippen LogP contribution in [-0.2, 0) is 0 Å². The first kappa shape index (κ1) is 11.0. The topological polar surface area (TPSA) is 12.0 Å². The molecule has 0 amide bonds. The molecule has 0 saturated carbocycles. The largest absolute Gasteiger partial charge is 0.316 e. The Bertz CT molecular complexity index is 141. The molecule has 1 nitrogen and oxygen atoms in total. The van der Waals surface area contributed by atoms with Crippen molar-refractivity contribution in [2.75, 3.05) is 13.1 Å². The Hall–Kier alpha value is -0.110. The molecular weight excluding hydrogens is 165 g/mol. The zero-order valence-electron chi connectivity index (χ0n) is 8.91. The molecule has 13 heavy (non-hydrogen) atoms. The summed E-state index contributed by atoms with van der Waals surface area (Å²) in [5.41, 5.74) is -0.861. The van der Waals surface area contributed by atoms with E-state index in [9.17, 15) is 4.39 Å². The smallest absolute Gasteiger partial charge is 0.113 e. The van der Waals surface area contributed by atoms with Gasteiger partial charge in [-0.1, -0.05) is 26.7 Å². The quantitative estimate of drug-likeness (QED) is 0.713. The van der Waals surface area contributed by atoms with E-state index in [1.165, 1.54) is 12.8 Å². The molecule has 78 valence electrons. The molecule has 1 fully saturated rings. The summed E-state index contributed by atoms with van der Waals surface area (Å²) < 4.78 is 14.1. The van der Waals surface area contributed by atoms with Crippen molar-refractivity contribution in [2.24, 2.45) is 5.92 Å². The molecule has 0 spiro atoms. The van der Waals surface area contributed by atoms with Crippen LogP contribution in [0, 0.1) is 5.92 Å². The fourth-order valence-corrected chi connectivity index (χ4v) is 2.30. The molecule has 0 aliphatic carbocycles. The van der Waals surface area contributed by atoms with Crippen LogP contribution in [0.2, 0.25) is 0 Å². The molecule has 1 aliphatic heterocycles. The highest BCUT2D eigenvalue weighted by molar-refractivity contribution is 4.86. The van der Waals surface area contributed by atoms with E-state index in [-0.39, 0.29) is 0 Å². The molecule has 1 unspecified atom stereocenters. The van der Waals surface area contributed by atoms with E-state index in [1.807, 2.05) is 0 Å². The van der Waals surface area contributed by atoms with Crippen molar-refractivity contribution in [1.82, 2.24) is 5.32 Å². The van der Waals surface area contributed by atoms with Gasteiger partial charge in [-0.3, -0.25) is 0 Å². The summed E-state index contributed by atoms with van der Waals surface area (Å²) in [4.78, 5) is 0. The van der Waals surface area contributed by atoms with Crippen molar-refractivity contribution in [2.45, 2.75) is 51.6 Å². The lowest BCUT2D eigenvalue weighted by molar-refractivity contribution is 0.0845. The zero-order valence-corrected chi connectivity index (χ0v) is 8.91. The Morgan fingerprint density at radius 1 is 1.38 bits per heavy atom. The predicted molar refractivity (Wildman–Crippen MR) is 54.6 cm³/mol. The SMILES string of the molecule is CCCC(C)CC1(F)CCNCC1. The highest BCUT2D eigenvalue weighted by Crippen LogP contribution is 2.31. The van der Waals surface area contributed by atoms with Gasteiger partial charge in [0.2, 0.25) is 0 Å². The fourth-order valence-electron chi connectivity index (χ4n) is 2.30. The first-order valence-electron chi connectivity index (χ1n) is 5.56. The van der Waals surface area contributed by atoms with E-state index in [0.717, 1.165) is 19.5 Å². The maximum atomic E-state index is 14.1. The summed E-state index contributed by atoms with van der Waals surface area (Å²) in [6, 6.07) is 0. The number of alkyl halides is 1. The van der Waals surface area contributed by atoms with Gasteiger partial charge >= 0.3 is 0 Å². The van der Waals surface area contributed by atoms with E-state index in [2.05, 4.69) is 19.2 Å². The standard InChI is InChI=1S/C11H22FN/c1-3-4-10(2)9-11(12)5-7-13-8-6-11/h10,13H,3-9H2,1-2H3. The average Bonchev–Trinajstić information content (AvgIpc) is 2.04. The number of nitrogens with one attached hydrogen (secondary N) is 1. The number of piperidine rings is 1. The summed E-state index contributed by atoms with van der Waals surface area (Å²) in [5, 5.41) is 3.21. The van der Waals surface area contributed by atoms with Crippen molar-refractivity contribution in [3.05, 3.63) is 0 Å². The summed E-state index contributed by atoms with van der Waals surface area (Å²) in [6.45, 7) is 6.06. The Morgan fingerprint density at radius 2 is 2.00 bits per heavy atom. The molecule has 1 aliphatic rings. The molecule has 0 radical (unpaired) electrons. The van der Waals surface area contributed by atoms with Gasteiger partial charge in [-0.05, 0) is 38.3 Å². The molecular formula is C11H22FN. The molecule has 2 heteroatoms. The summed E-state index contributed by atoms with van der Waals surface area (Å²) in [6.07, 6.45) is 4.53. The lowest BCUT2D eigenvalue weighted by Crippen LogP contribution is -2.39. The molecule has 1 N–H and O–H groups in total. The summed E-state index contributed by atoms with van der Waals surface area (Å²) >= 11 is 0. The lowest BCUT2D eigenvalue weighted by Gasteiger charge is -2.32. The lowest BCUT2D eigenvalue weighted by atomic mass is 9.84. The van der Waals surface area contributed by atoms with Crippen LogP contribution < -0.4 is 5.32 Å². The van der Waals surface area contributed by atoms with E-state index in [4.69, 9.17) is 0 Å². The van der Waals surface area contributed by atoms with Crippen molar-refractivity contribution >= 4 is 0 Å². The van der Waals surface area contributed by atoms with Crippen LogP contribution in [0.1, 0.15) is 46.0 Å². The first-order valence-corrected chi connectivity index (χ1v) is 5.56. The minimum absolute atomic E-state index is 0.549. The maximum Gasteiger partial charge on any atom is 0.113 e. The maximum absolute atomic E-state index is 14.1. The second-order valence-corrected chi connectivity index (χ2v) is 4.50. The van der Waals surface area contributed by atoms with Gasteiger partial charge in [-0.2, -0.15) is 0 Å². The predicted octanol–water partition coefficient (Wildman–Crippen LogP) is 2.90. The van der Waals surface area contributed by atoms with Crippen LogP contribution in [-0.4, -0.2) is 18.8 Å². The number of halogens is 1. The van der Waals surface area contributed by atoms with Crippen molar-refractivity contribution < 1.29 is 4.39 Å². The van der Waals surface area contributed by atoms with Gasteiger partial charge in [-0.15, -0.1) is 0 Å². The molecule has 1 heterocycles. The second-order valence-electron chi connectivity index (χ2n) is 4.50. The van der Waals surface area contributed by atoms with Gasteiger partial charge in [0, 0.05) is 0 Å². The van der Waals surface area contributed by atoms with Gasteiger partial charge in [-0.25, -0.2) is 4.39 Å². The highest BCUT2D eigenvalue weighted by atomic mass is 19.1. The van der Waals surface area contributed by atoms with Crippen LogP contribution in [0.4, 0.5) is 4.39 Å². The normalized spacial score (nSPS) is 24.2. The van der Waals surface area contributed by atoms with E-state index < -0.39 is 5.67 Å². The molecule has 0 bridgehead atoms. The average molecular weight is 187 g/mol. The van der Waals surface area contributed by atoms with Crippen molar-refractivity contribution in [3.8, 4) is 0 Å². The molecule has 0 aromatic rings. The van der Waals surface area contributed by atoms with Crippen LogP contribution in [0.5, 0.6) is 0 Å². The molecule has 1 saturated heterocycles. The van der Waals surface area contributed by atoms with Gasteiger partial charge in [0.05, 0.1) is 0 Å². The zero-order chi connectivity index (χ0) is 9.73. The van der Waals surface area contributed by atoms with Gasteiger partial charge in [0.1, 0.15) is 5.67 Å². The molecule has 1 atom stereocenters. The van der Waals surface area contributed by atoms with E-state index >= 15 is 0 Å². The first-order chi connectivity index (χ1) is 6.16. The Morgan fingerprint density at radius 3 is 2.54 bits per heavy atom. The second kappa shape index (κ2) is 4.94. The molecule has 1 rings (SSSR count). The van der Waals surface area contributed by atoms with E-state index in [0.29, 0.717) is 18.8 Å². The minimum atomic E-state index is -0.861. The number of hydrogen-bond acceptors (Lipinski definition) is 1. The number of rotatable bonds is 4. The van der Waals surface area contributed by atoms with Crippen molar-refractivity contribution in [3.63, 3.8) is 0 Å². The van der Waals surface area contributed by atoms with E-state index in [1.54, 1.807) is 0 Å². The fraction of sp³-hybridized carbons (Fsp3) is 1.00. The van der Waals surface area contributed by atoms with Crippen molar-refractivity contribution in [1.29, 1.82) is 0 Å². The number of hydrogen-bond donors (Lipinski definition) is 1. The third-order valence-electron chi connectivity index (χ3n) is 3.00. The Kier molecular flexibility index (Phi) is 4.17. The molecule has 0 aromatic heterocycles. The Balaban J connectivity index is 2.31. The third kappa shape index (κ3) is 3.63. The molecule has 0 aromatic carbocycles. The van der Waals surface area contributed by atoms with Crippen LogP contribution in [0.15, 0.2) is 0 Å². The van der Waals surface area contributed by atoms with Gasteiger partial charge in [0.15, 0.2) is 0 Å². The van der Waals surface area contributed by atoms with Gasteiger partial charge < -0.3 is 5.32 Å². The summed E-state index contributed by atoms with van der Waals surface area (Å²) in [5.74, 6) is 0.549. The van der Waals surface area contributed by atoms with Crippen LogP contribution >= 0.6 is 0 Å². The minimum Gasteiger partial charge on any atom is -0.316 e. The monoisotopic (exact) mass is 187 g/mol. The highest BCUT2D eigenvalue weighted by Gasteiger charge is 2.32.